The van der Waals surface area contributed by atoms with Crippen LogP contribution >= 0.6 is 11.6 Å². The van der Waals surface area contributed by atoms with Crippen LogP contribution in [0.1, 0.15) is 36.1 Å². The highest BCUT2D eigenvalue weighted by molar-refractivity contribution is 6.33. The molecule has 0 bridgehead atoms. The van der Waals surface area contributed by atoms with Crippen LogP contribution in [0, 0.1) is 0 Å². The Morgan fingerprint density at radius 1 is 0.892 bits per heavy atom. The van der Waals surface area contributed by atoms with Crippen LogP contribution in [0.3, 0.4) is 0 Å². The molecule has 0 atom stereocenters. The molecule has 9 heteroatoms. The van der Waals surface area contributed by atoms with Gasteiger partial charge in [-0.1, -0.05) is 54.1 Å². The Hall–Kier alpha value is -3.52. The topological polar surface area (TPSA) is 55.8 Å². The molecule has 0 unspecified atom stereocenters. The molecule has 0 aliphatic heterocycles. The number of carbonyl (C=O) groups is 2. The van der Waals surface area contributed by atoms with E-state index in [-0.39, 0.29) is 38.3 Å². The van der Waals surface area contributed by atoms with E-state index in [1.54, 1.807) is 44.2 Å². The zero-order valence-electron chi connectivity index (χ0n) is 20.5. The first-order chi connectivity index (χ1) is 17.6. The first-order valence-corrected chi connectivity index (χ1v) is 12.1. The zero-order chi connectivity index (χ0) is 27.0. The number of amides is 1. The monoisotopic (exact) mass is 533 g/mol. The Balaban J connectivity index is 1.94. The number of benzene rings is 3. The van der Waals surface area contributed by atoms with Crippen molar-refractivity contribution in [2.45, 2.75) is 39.6 Å². The third-order valence-electron chi connectivity index (χ3n) is 5.61. The molecule has 0 saturated carbocycles. The van der Waals surface area contributed by atoms with Gasteiger partial charge in [-0.15, -0.1) is 0 Å². The van der Waals surface area contributed by atoms with Crippen molar-refractivity contribution in [3.63, 3.8) is 0 Å². The fourth-order valence-corrected chi connectivity index (χ4v) is 3.97. The van der Waals surface area contributed by atoms with Crippen LogP contribution < -0.4 is 0 Å². The minimum absolute atomic E-state index is 0.0130. The van der Waals surface area contributed by atoms with Crippen LogP contribution in [0.25, 0.3) is 11.1 Å². The lowest BCUT2D eigenvalue weighted by molar-refractivity contribution is -0.142. The molecule has 0 N–H and O–H groups in total. The van der Waals surface area contributed by atoms with Gasteiger partial charge in [0.1, 0.15) is 6.61 Å². The predicted octanol–water partition coefficient (Wildman–Crippen LogP) is 7.29. The minimum atomic E-state index is -4.58. The van der Waals surface area contributed by atoms with Gasteiger partial charge in [0.05, 0.1) is 18.6 Å². The van der Waals surface area contributed by atoms with Crippen molar-refractivity contribution in [2.24, 2.45) is 0 Å². The number of ether oxygens (including phenoxy) is 2. The molecule has 3 aromatic carbocycles. The van der Waals surface area contributed by atoms with Gasteiger partial charge in [0.15, 0.2) is 0 Å². The number of hydrogen-bond donors (Lipinski definition) is 0. The van der Waals surface area contributed by atoms with Crippen molar-refractivity contribution in [2.75, 3.05) is 13.2 Å². The van der Waals surface area contributed by atoms with Crippen LogP contribution in [-0.2, 0) is 40.0 Å². The molecule has 0 aromatic heterocycles. The molecule has 5 nitrogen and oxygen atoms in total. The van der Waals surface area contributed by atoms with Crippen molar-refractivity contribution >= 4 is 23.7 Å². The van der Waals surface area contributed by atoms with Crippen molar-refractivity contribution in [3.05, 3.63) is 94.0 Å². The fraction of sp³-hybridized carbons (Fsp3) is 0.286. The molecular weight excluding hydrogens is 507 g/mol. The number of carbonyl (C=O) groups excluding carboxylic acids is 2. The molecule has 0 spiro atoms. The van der Waals surface area contributed by atoms with Gasteiger partial charge in [-0.25, -0.2) is 4.79 Å². The van der Waals surface area contributed by atoms with Gasteiger partial charge in [0, 0.05) is 23.7 Å². The van der Waals surface area contributed by atoms with Crippen LogP contribution in [0.2, 0.25) is 5.02 Å². The first kappa shape index (κ1) is 28.1. The van der Waals surface area contributed by atoms with E-state index in [1.165, 1.54) is 11.0 Å². The maximum absolute atomic E-state index is 13.6. The summed E-state index contributed by atoms with van der Waals surface area (Å²) in [5.74, 6) is -0.429. The molecule has 1 amide bonds. The summed E-state index contributed by atoms with van der Waals surface area (Å²) in [6, 6.07) is 17.3. The molecule has 196 valence electrons. The smallest absolute Gasteiger partial charge is 0.416 e. The summed E-state index contributed by atoms with van der Waals surface area (Å²) in [6.45, 7) is 3.75. The van der Waals surface area contributed by atoms with Gasteiger partial charge < -0.3 is 14.4 Å². The normalized spacial score (nSPS) is 11.2. The standard InChI is InChI=1S/C28H27ClF3NO4/c1-3-33(27(35)37-18-19-8-6-5-7-9-19)17-21-16-22(28(30,31)32)11-12-23(21)24-14-20(10-13-25(24)29)15-26(34)36-4-2/h5-14,16H,3-4,15,17-18H2,1-2H3. The number of alkyl halides is 3. The lowest BCUT2D eigenvalue weighted by Gasteiger charge is -2.23. The Labute approximate surface area is 218 Å². The Morgan fingerprint density at radius 2 is 1.62 bits per heavy atom. The molecule has 0 aliphatic carbocycles. The van der Waals surface area contributed by atoms with Crippen molar-refractivity contribution in [1.82, 2.24) is 4.90 Å². The molecule has 0 saturated heterocycles. The van der Waals surface area contributed by atoms with Crippen molar-refractivity contribution in [1.29, 1.82) is 0 Å². The lowest BCUT2D eigenvalue weighted by atomic mass is 9.95. The summed E-state index contributed by atoms with van der Waals surface area (Å²) in [6.07, 6.45) is -5.24. The van der Waals surface area contributed by atoms with Gasteiger partial charge in [-0.05, 0) is 60.4 Å². The predicted molar refractivity (Wildman–Crippen MR) is 135 cm³/mol. The van der Waals surface area contributed by atoms with Gasteiger partial charge in [-0.3, -0.25) is 4.79 Å². The third kappa shape index (κ3) is 7.73. The van der Waals surface area contributed by atoms with Crippen LogP contribution in [0.15, 0.2) is 66.7 Å². The van der Waals surface area contributed by atoms with Crippen LogP contribution in [0.4, 0.5) is 18.0 Å². The summed E-state index contributed by atoms with van der Waals surface area (Å²) in [5, 5.41) is 0.295. The average Bonchev–Trinajstić information content (AvgIpc) is 2.87. The number of rotatable bonds is 9. The molecule has 3 rings (SSSR count). The van der Waals surface area contributed by atoms with E-state index in [1.807, 2.05) is 18.2 Å². The molecule has 0 radical (unpaired) electrons. The van der Waals surface area contributed by atoms with Gasteiger partial charge in [0.25, 0.3) is 0 Å². The summed E-state index contributed by atoms with van der Waals surface area (Å²) in [4.78, 5) is 26.1. The fourth-order valence-electron chi connectivity index (χ4n) is 3.75. The molecular formula is C28H27ClF3NO4. The van der Waals surface area contributed by atoms with Gasteiger partial charge in [-0.2, -0.15) is 13.2 Å². The average molecular weight is 534 g/mol. The zero-order valence-corrected chi connectivity index (χ0v) is 21.2. The summed E-state index contributed by atoms with van der Waals surface area (Å²) in [7, 11) is 0. The Bertz CT molecular complexity index is 1230. The summed E-state index contributed by atoms with van der Waals surface area (Å²) >= 11 is 6.44. The second-order valence-electron chi connectivity index (χ2n) is 8.22. The molecule has 0 fully saturated rings. The van der Waals surface area contributed by atoms with E-state index in [0.717, 1.165) is 17.7 Å². The molecule has 0 heterocycles. The molecule has 0 aliphatic rings. The second-order valence-corrected chi connectivity index (χ2v) is 8.63. The molecule has 3 aromatic rings. The Morgan fingerprint density at radius 3 is 2.27 bits per heavy atom. The Kier molecular flexibility index (Phi) is 9.58. The first-order valence-electron chi connectivity index (χ1n) is 11.7. The second kappa shape index (κ2) is 12.6. The van der Waals surface area contributed by atoms with Crippen LogP contribution in [0.5, 0.6) is 0 Å². The third-order valence-corrected chi connectivity index (χ3v) is 5.94. The SMILES string of the molecule is CCOC(=O)Cc1ccc(Cl)c(-c2ccc(C(F)(F)F)cc2CN(CC)C(=O)OCc2ccccc2)c1. The summed E-state index contributed by atoms with van der Waals surface area (Å²) in [5.41, 5.74) is 1.64. The van der Waals surface area contributed by atoms with Crippen molar-refractivity contribution in [3.8, 4) is 11.1 Å². The van der Waals surface area contributed by atoms with Crippen LogP contribution in [-0.4, -0.2) is 30.1 Å². The van der Waals surface area contributed by atoms with E-state index in [2.05, 4.69) is 0 Å². The van der Waals surface area contributed by atoms with Gasteiger partial charge >= 0.3 is 18.2 Å². The maximum atomic E-state index is 13.6. The number of esters is 1. The van der Waals surface area contributed by atoms with E-state index in [0.29, 0.717) is 21.7 Å². The minimum Gasteiger partial charge on any atom is -0.466 e. The summed E-state index contributed by atoms with van der Waals surface area (Å²) < 4.78 is 51.1. The van der Waals surface area contributed by atoms with E-state index >= 15 is 0 Å². The largest absolute Gasteiger partial charge is 0.466 e. The highest BCUT2D eigenvalue weighted by Gasteiger charge is 2.31. The van der Waals surface area contributed by atoms with E-state index in [4.69, 9.17) is 21.1 Å². The highest BCUT2D eigenvalue weighted by Crippen LogP contribution is 2.37. The van der Waals surface area contributed by atoms with E-state index in [9.17, 15) is 22.8 Å². The lowest BCUT2D eigenvalue weighted by Crippen LogP contribution is -2.31. The molecule has 37 heavy (non-hydrogen) atoms. The van der Waals surface area contributed by atoms with Crippen molar-refractivity contribution < 1.29 is 32.2 Å². The van der Waals surface area contributed by atoms with Gasteiger partial charge in [0.2, 0.25) is 0 Å². The number of hydrogen-bond acceptors (Lipinski definition) is 4. The maximum Gasteiger partial charge on any atom is 0.416 e. The quantitative estimate of drug-likeness (QED) is 0.271. The number of halogens is 4. The number of nitrogens with zero attached hydrogens (tertiary/aromatic N) is 1. The highest BCUT2D eigenvalue weighted by atomic mass is 35.5. The van der Waals surface area contributed by atoms with E-state index < -0.39 is 23.8 Å².